The standard InChI is InChI=1S/C12H13Cl2N3O3/c1-19-5-7(6-20-2)17-11-8(3-4-9(13)16-11)15-10(14)12(17)18/h3-4,7H,5-6H2,1-2H3. The molecular formula is C12H13Cl2N3O3. The molecule has 0 atom stereocenters. The number of methoxy groups -OCH3 is 2. The first-order chi connectivity index (χ1) is 9.58. The van der Waals surface area contributed by atoms with E-state index in [2.05, 4.69) is 9.97 Å². The number of hydrogen-bond acceptors (Lipinski definition) is 5. The van der Waals surface area contributed by atoms with Gasteiger partial charge in [0.05, 0.1) is 19.3 Å². The van der Waals surface area contributed by atoms with Crippen molar-refractivity contribution in [3.8, 4) is 0 Å². The molecule has 6 nitrogen and oxygen atoms in total. The van der Waals surface area contributed by atoms with Gasteiger partial charge in [-0.05, 0) is 12.1 Å². The maximum absolute atomic E-state index is 12.3. The van der Waals surface area contributed by atoms with Crippen LogP contribution >= 0.6 is 23.2 Å². The van der Waals surface area contributed by atoms with E-state index in [9.17, 15) is 4.79 Å². The molecule has 8 heteroatoms. The fourth-order valence-corrected chi connectivity index (χ4v) is 2.28. The highest BCUT2D eigenvalue weighted by molar-refractivity contribution is 6.30. The Balaban J connectivity index is 2.73. The maximum atomic E-state index is 12.3. The second-order valence-corrected chi connectivity index (χ2v) is 4.86. The van der Waals surface area contributed by atoms with Crippen molar-refractivity contribution < 1.29 is 9.47 Å². The third-order valence-corrected chi connectivity index (χ3v) is 3.20. The summed E-state index contributed by atoms with van der Waals surface area (Å²) in [4.78, 5) is 20.4. The lowest BCUT2D eigenvalue weighted by molar-refractivity contribution is 0.0895. The molecule has 0 radical (unpaired) electrons. The Kier molecular flexibility index (Phi) is 4.93. The Morgan fingerprint density at radius 3 is 2.45 bits per heavy atom. The molecule has 0 unspecified atom stereocenters. The van der Waals surface area contributed by atoms with Crippen LogP contribution < -0.4 is 5.56 Å². The second kappa shape index (κ2) is 6.49. The molecule has 0 aliphatic heterocycles. The van der Waals surface area contributed by atoms with Crippen molar-refractivity contribution in [2.45, 2.75) is 6.04 Å². The number of pyridine rings is 1. The minimum Gasteiger partial charge on any atom is -0.382 e. The van der Waals surface area contributed by atoms with Crippen LogP contribution in [0.2, 0.25) is 10.3 Å². The van der Waals surface area contributed by atoms with Crippen LogP contribution in [-0.2, 0) is 9.47 Å². The van der Waals surface area contributed by atoms with Crippen LogP contribution in [0.1, 0.15) is 6.04 Å². The third-order valence-electron chi connectivity index (χ3n) is 2.75. The Morgan fingerprint density at radius 2 is 1.85 bits per heavy atom. The van der Waals surface area contributed by atoms with Gasteiger partial charge in [-0.25, -0.2) is 9.97 Å². The molecule has 2 aromatic rings. The predicted molar refractivity (Wildman–Crippen MR) is 76.6 cm³/mol. The highest BCUT2D eigenvalue weighted by Crippen LogP contribution is 2.18. The summed E-state index contributed by atoms with van der Waals surface area (Å²) in [5.74, 6) is 0. The van der Waals surface area contributed by atoms with Gasteiger partial charge in [0.2, 0.25) is 0 Å². The summed E-state index contributed by atoms with van der Waals surface area (Å²) in [6.45, 7) is 0.550. The van der Waals surface area contributed by atoms with Crippen LogP contribution in [-0.4, -0.2) is 42.0 Å². The van der Waals surface area contributed by atoms with Gasteiger partial charge in [0, 0.05) is 14.2 Å². The molecule has 0 aliphatic carbocycles. The van der Waals surface area contributed by atoms with E-state index in [0.29, 0.717) is 11.2 Å². The van der Waals surface area contributed by atoms with E-state index in [4.69, 9.17) is 32.7 Å². The number of fused-ring (bicyclic) bond motifs is 1. The largest absolute Gasteiger partial charge is 0.382 e. The predicted octanol–water partition coefficient (Wildman–Crippen LogP) is 1.93. The molecule has 0 fully saturated rings. The summed E-state index contributed by atoms with van der Waals surface area (Å²) in [5, 5.41) is 0.141. The van der Waals surface area contributed by atoms with Crippen LogP contribution in [0.3, 0.4) is 0 Å². The fraction of sp³-hybridized carbons (Fsp3) is 0.417. The van der Waals surface area contributed by atoms with Crippen molar-refractivity contribution in [1.82, 2.24) is 14.5 Å². The van der Waals surface area contributed by atoms with Gasteiger partial charge in [-0.3, -0.25) is 9.36 Å². The lowest BCUT2D eigenvalue weighted by Gasteiger charge is -2.19. The van der Waals surface area contributed by atoms with Gasteiger partial charge in [-0.1, -0.05) is 23.2 Å². The number of hydrogen-bond donors (Lipinski definition) is 0. The zero-order valence-electron chi connectivity index (χ0n) is 11.0. The number of ether oxygens (including phenoxy) is 2. The molecule has 0 bridgehead atoms. The molecule has 20 heavy (non-hydrogen) atoms. The molecule has 2 aromatic heterocycles. The van der Waals surface area contributed by atoms with E-state index in [-0.39, 0.29) is 29.6 Å². The summed E-state index contributed by atoms with van der Waals surface area (Å²) in [6.07, 6.45) is 0. The first-order valence-corrected chi connectivity index (χ1v) is 6.56. The van der Waals surface area contributed by atoms with Gasteiger partial charge in [-0.15, -0.1) is 0 Å². The maximum Gasteiger partial charge on any atom is 0.290 e. The van der Waals surface area contributed by atoms with Crippen molar-refractivity contribution in [3.63, 3.8) is 0 Å². The first-order valence-electron chi connectivity index (χ1n) is 5.80. The number of rotatable bonds is 5. The molecule has 0 saturated heterocycles. The quantitative estimate of drug-likeness (QED) is 0.788. The second-order valence-electron chi connectivity index (χ2n) is 4.12. The molecule has 0 N–H and O–H groups in total. The van der Waals surface area contributed by atoms with E-state index in [1.165, 1.54) is 4.57 Å². The average Bonchev–Trinajstić information content (AvgIpc) is 2.41. The molecule has 0 amide bonds. The lowest BCUT2D eigenvalue weighted by Crippen LogP contribution is -2.32. The van der Waals surface area contributed by atoms with Crippen molar-refractivity contribution in [3.05, 3.63) is 32.8 Å². The highest BCUT2D eigenvalue weighted by atomic mass is 35.5. The molecule has 0 aliphatic rings. The molecule has 0 aromatic carbocycles. The topological polar surface area (TPSA) is 66.2 Å². The summed E-state index contributed by atoms with van der Waals surface area (Å²) >= 11 is 11.8. The molecular weight excluding hydrogens is 305 g/mol. The van der Waals surface area contributed by atoms with Crippen LogP contribution in [0, 0.1) is 0 Å². The summed E-state index contributed by atoms with van der Waals surface area (Å²) < 4.78 is 11.6. The number of halogens is 2. The zero-order chi connectivity index (χ0) is 14.7. The van der Waals surface area contributed by atoms with Crippen molar-refractivity contribution in [2.24, 2.45) is 0 Å². The van der Waals surface area contributed by atoms with Gasteiger partial charge in [0.25, 0.3) is 5.56 Å². The highest BCUT2D eigenvalue weighted by Gasteiger charge is 2.19. The summed E-state index contributed by atoms with van der Waals surface area (Å²) in [6, 6.07) is 2.87. The van der Waals surface area contributed by atoms with Gasteiger partial charge >= 0.3 is 0 Å². The molecule has 2 rings (SSSR count). The summed E-state index contributed by atoms with van der Waals surface area (Å²) in [5.41, 5.74) is 0.384. The Hall–Kier alpha value is -1.21. The fourth-order valence-electron chi connectivity index (χ4n) is 1.95. The van der Waals surface area contributed by atoms with Gasteiger partial charge in [0.1, 0.15) is 10.7 Å². The Bertz CT molecular complexity index is 669. The lowest BCUT2D eigenvalue weighted by atomic mass is 10.3. The van der Waals surface area contributed by atoms with E-state index in [0.717, 1.165) is 0 Å². The number of nitrogens with zero attached hydrogens (tertiary/aromatic N) is 3. The minimum atomic E-state index is -0.451. The zero-order valence-corrected chi connectivity index (χ0v) is 12.5. The smallest absolute Gasteiger partial charge is 0.290 e. The van der Waals surface area contributed by atoms with Crippen molar-refractivity contribution >= 4 is 34.4 Å². The molecule has 2 heterocycles. The van der Waals surface area contributed by atoms with Gasteiger partial charge in [-0.2, -0.15) is 0 Å². The van der Waals surface area contributed by atoms with Crippen LogP contribution in [0.15, 0.2) is 16.9 Å². The minimum absolute atomic E-state index is 0.126. The van der Waals surface area contributed by atoms with Crippen LogP contribution in [0.5, 0.6) is 0 Å². The summed E-state index contributed by atoms with van der Waals surface area (Å²) in [7, 11) is 3.08. The first kappa shape index (κ1) is 15.2. The average molecular weight is 318 g/mol. The molecule has 0 spiro atoms. The van der Waals surface area contributed by atoms with Gasteiger partial charge in [0.15, 0.2) is 10.8 Å². The van der Waals surface area contributed by atoms with Gasteiger partial charge < -0.3 is 9.47 Å². The Morgan fingerprint density at radius 1 is 1.20 bits per heavy atom. The third kappa shape index (κ3) is 2.93. The van der Waals surface area contributed by atoms with Crippen molar-refractivity contribution in [2.75, 3.05) is 27.4 Å². The monoisotopic (exact) mass is 317 g/mol. The van der Waals surface area contributed by atoms with Crippen molar-refractivity contribution in [1.29, 1.82) is 0 Å². The van der Waals surface area contributed by atoms with Crippen LogP contribution in [0.25, 0.3) is 11.2 Å². The van der Waals surface area contributed by atoms with E-state index in [1.807, 2.05) is 0 Å². The number of aromatic nitrogens is 3. The SMILES string of the molecule is COCC(COC)n1c(=O)c(Cl)nc2ccc(Cl)nc21. The van der Waals surface area contributed by atoms with E-state index < -0.39 is 5.56 Å². The molecule has 108 valence electrons. The van der Waals surface area contributed by atoms with Crippen LogP contribution in [0.4, 0.5) is 0 Å². The molecule has 0 saturated carbocycles. The normalized spacial score (nSPS) is 11.4. The van der Waals surface area contributed by atoms with E-state index in [1.54, 1.807) is 26.4 Å². The Labute approximate surface area is 125 Å². The van der Waals surface area contributed by atoms with E-state index >= 15 is 0 Å².